The highest BCUT2D eigenvalue weighted by Gasteiger charge is 2.17. The lowest BCUT2D eigenvalue weighted by Gasteiger charge is -2.04. The molecule has 8 nitrogen and oxygen atoms in total. The number of aromatic nitrogens is 5. The molecule has 0 radical (unpaired) electrons. The average Bonchev–Trinajstić information content (AvgIpc) is 3.30. The Kier molecular flexibility index (Phi) is 4.86. The maximum atomic E-state index is 12.5. The van der Waals surface area contributed by atoms with E-state index < -0.39 is 5.91 Å². The molecule has 1 aromatic carbocycles. The van der Waals surface area contributed by atoms with Crippen LogP contribution in [-0.4, -0.2) is 30.8 Å². The van der Waals surface area contributed by atoms with Crippen LogP contribution in [0.4, 0.5) is 5.95 Å². The van der Waals surface area contributed by atoms with Crippen molar-refractivity contribution in [2.45, 2.75) is 6.42 Å². The van der Waals surface area contributed by atoms with Gasteiger partial charge in [0.1, 0.15) is 5.76 Å². The predicted octanol–water partition coefficient (Wildman–Crippen LogP) is 3.36. The van der Waals surface area contributed by atoms with Crippen LogP contribution in [0.2, 0.25) is 5.02 Å². The third kappa shape index (κ3) is 3.77. The molecule has 28 heavy (non-hydrogen) atoms. The van der Waals surface area contributed by atoms with Crippen LogP contribution >= 0.6 is 11.6 Å². The molecule has 3 heterocycles. The third-order valence-electron chi connectivity index (χ3n) is 4.10. The number of anilines is 1. The number of halogens is 1. The summed E-state index contributed by atoms with van der Waals surface area (Å²) in [7, 11) is 1.76. The molecule has 0 spiro atoms. The van der Waals surface area contributed by atoms with Crippen molar-refractivity contribution in [3.8, 4) is 11.4 Å². The summed E-state index contributed by atoms with van der Waals surface area (Å²) in [6.45, 7) is 0. The quantitative estimate of drug-likeness (QED) is 0.557. The number of nitrogens with one attached hydrogen (secondary N) is 1. The van der Waals surface area contributed by atoms with E-state index in [1.54, 1.807) is 36.1 Å². The summed E-state index contributed by atoms with van der Waals surface area (Å²) in [6, 6.07) is 12.6. The van der Waals surface area contributed by atoms with Crippen molar-refractivity contribution < 1.29 is 9.32 Å². The highest BCUT2D eigenvalue weighted by molar-refractivity contribution is 6.30. The topological polar surface area (TPSA) is 98.7 Å². The molecule has 0 saturated carbocycles. The zero-order valence-corrected chi connectivity index (χ0v) is 15.6. The number of benzene rings is 1. The molecule has 3 aromatic heterocycles. The lowest BCUT2D eigenvalue weighted by molar-refractivity contribution is 0.101. The number of amides is 1. The highest BCUT2D eigenvalue weighted by Crippen LogP contribution is 2.19. The number of rotatable bonds is 5. The fraction of sp³-hybridized carbons (Fsp3) is 0.105. The van der Waals surface area contributed by atoms with Gasteiger partial charge < -0.3 is 4.52 Å². The zero-order chi connectivity index (χ0) is 19.5. The first-order chi connectivity index (χ1) is 13.6. The SMILES string of the molecule is Cn1c(NC(=O)c2cc(Cc3cccc(Cl)c3)on2)nnc1-c1ccncc1. The number of carbonyl (C=O) groups excluding carboxylic acids is 1. The number of carbonyl (C=O) groups is 1. The number of nitrogens with zero attached hydrogens (tertiary/aromatic N) is 5. The molecule has 4 aromatic rings. The van der Waals surface area contributed by atoms with E-state index in [1.807, 2.05) is 30.3 Å². The first kappa shape index (κ1) is 17.9. The maximum Gasteiger partial charge on any atom is 0.280 e. The second-order valence-electron chi connectivity index (χ2n) is 6.08. The minimum absolute atomic E-state index is 0.158. The second-order valence-corrected chi connectivity index (χ2v) is 6.52. The number of pyridine rings is 1. The van der Waals surface area contributed by atoms with Crippen LogP contribution in [0.1, 0.15) is 21.8 Å². The van der Waals surface area contributed by atoms with E-state index in [9.17, 15) is 4.79 Å². The van der Waals surface area contributed by atoms with Gasteiger partial charge in [0.25, 0.3) is 5.91 Å². The Hall–Kier alpha value is -3.52. The van der Waals surface area contributed by atoms with Crippen LogP contribution in [0, 0.1) is 0 Å². The Morgan fingerprint density at radius 3 is 2.79 bits per heavy atom. The molecule has 0 atom stereocenters. The van der Waals surface area contributed by atoms with Gasteiger partial charge in [-0.05, 0) is 29.8 Å². The van der Waals surface area contributed by atoms with E-state index in [1.165, 1.54) is 0 Å². The van der Waals surface area contributed by atoms with Crippen LogP contribution in [0.3, 0.4) is 0 Å². The van der Waals surface area contributed by atoms with E-state index in [0.717, 1.165) is 11.1 Å². The molecule has 1 N–H and O–H groups in total. The van der Waals surface area contributed by atoms with Gasteiger partial charge in [0.05, 0.1) is 0 Å². The summed E-state index contributed by atoms with van der Waals surface area (Å²) in [5.74, 6) is 1.04. The summed E-state index contributed by atoms with van der Waals surface area (Å²) < 4.78 is 6.95. The van der Waals surface area contributed by atoms with Gasteiger partial charge in [-0.3, -0.25) is 19.7 Å². The van der Waals surface area contributed by atoms with Crippen molar-refractivity contribution in [2.75, 3.05) is 5.32 Å². The van der Waals surface area contributed by atoms with E-state index in [4.69, 9.17) is 16.1 Å². The lowest BCUT2D eigenvalue weighted by Crippen LogP contribution is -2.15. The zero-order valence-electron chi connectivity index (χ0n) is 14.8. The summed E-state index contributed by atoms with van der Waals surface area (Å²) >= 11 is 5.99. The first-order valence-corrected chi connectivity index (χ1v) is 8.79. The molecule has 0 fully saturated rings. The lowest BCUT2D eigenvalue weighted by atomic mass is 10.1. The van der Waals surface area contributed by atoms with Crippen LogP contribution in [0.15, 0.2) is 59.4 Å². The number of hydrogen-bond donors (Lipinski definition) is 1. The molecule has 0 saturated heterocycles. The summed E-state index contributed by atoms with van der Waals surface area (Å²) in [4.78, 5) is 16.5. The minimum Gasteiger partial charge on any atom is -0.360 e. The Morgan fingerprint density at radius 1 is 1.18 bits per heavy atom. The largest absolute Gasteiger partial charge is 0.360 e. The van der Waals surface area contributed by atoms with Crippen molar-refractivity contribution in [2.24, 2.45) is 7.05 Å². The molecule has 1 amide bonds. The van der Waals surface area contributed by atoms with Gasteiger partial charge in [0.2, 0.25) is 5.95 Å². The maximum absolute atomic E-state index is 12.5. The molecule has 4 rings (SSSR count). The van der Waals surface area contributed by atoms with E-state index in [2.05, 4.69) is 25.7 Å². The van der Waals surface area contributed by atoms with Crippen LogP contribution < -0.4 is 5.32 Å². The van der Waals surface area contributed by atoms with Gasteiger partial charge in [-0.2, -0.15) is 0 Å². The second kappa shape index (κ2) is 7.61. The van der Waals surface area contributed by atoms with Crippen LogP contribution in [-0.2, 0) is 13.5 Å². The normalized spacial score (nSPS) is 10.8. The number of hydrogen-bond acceptors (Lipinski definition) is 6. The molecule has 0 aliphatic rings. The Balaban J connectivity index is 1.48. The van der Waals surface area contributed by atoms with Crippen molar-refractivity contribution in [3.05, 3.63) is 76.9 Å². The highest BCUT2D eigenvalue weighted by atomic mass is 35.5. The van der Waals surface area contributed by atoms with E-state index in [0.29, 0.717) is 29.0 Å². The van der Waals surface area contributed by atoms with Crippen LogP contribution in [0.25, 0.3) is 11.4 Å². The summed E-state index contributed by atoms with van der Waals surface area (Å²) in [5, 5.41) is 15.3. The van der Waals surface area contributed by atoms with Gasteiger partial charge in [-0.15, -0.1) is 10.2 Å². The van der Waals surface area contributed by atoms with Crippen molar-refractivity contribution in [1.82, 2.24) is 24.9 Å². The summed E-state index contributed by atoms with van der Waals surface area (Å²) in [6.07, 6.45) is 3.81. The molecule has 0 aliphatic heterocycles. The molecule has 140 valence electrons. The Labute approximate surface area is 165 Å². The molecule has 9 heteroatoms. The van der Waals surface area contributed by atoms with Gasteiger partial charge >= 0.3 is 0 Å². The fourth-order valence-corrected chi connectivity index (χ4v) is 2.92. The molecule has 0 bridgehead atoms. The fourth-order valence-electron chi connectivity index (χ4n) is 2.71. The van der Waals surface area contributed by atoms with Crippen molar-refractivity contribution >= 4 is 23.5 Å². The van der Waals surface area contributed by atoms with E-state index in [-0.39, 0.29) is 5.69 Å². The first-order valence-electron chi connectivity index (χ1n) is 8.41. The Morgan fingerprint density at radius 2 is 2.00 bits per heavy atom. The molecule has 0 unspecified atom stereocenters. The van der Waals surface area contributed by atoms with Gasteiger partial charge in [-0.25, -0.2) is 0 Å². The molecular weight excluding hydrogens is 380 g/mol. The predicted molar refractivity (Wildman–Crippen MR) is 103 cm³/mol. The van der Waals surface area contributed by atoms with Gasteiger partial charge in [-0.1, -0.05) is 28.9 Å². The van der Waals surface area contributed by atoms with Crippen LogP contribution in [0.5, 0.6) is 0 Å². The van der Waals surface area contributed by atoms with Gasteiger partial charge in [0, 0.05) is 42.5 Å². The summed E-state index contributed by atoms with van der Waals surface area (Å²) in [5.41, 5.74) is 1.96. The Bertz CT molecular complexity index is 1120. The van der Waals surface area contributed by atoms with E-state index >= 15 is 0 Å². The smallest absolute Gasteiger partial charge is 0.280 e. The van der Waals surface area contributed by atoms with Crippen molar-refractivity contribution in [3.63, 3.8) is 0 Å². The average molecular weight is 395 g/mol. The third-order valence-corrected chi connectivity index (χ3v) is 4.33. The molecule has 0 aliphatic carbocycles. The van der Waals surface area contributed by atoms with Crippen molar-refractivity contribution in [1.29, 1.82) is 0 Å². The molecular formula is C19H15ClN6O2. The van der Waals surface area contributed by atoms with Gasteiger partial charge in [0.15, 0.2) is 11.5 Å². The minimum atomic E-state index is -0.433. The standard InChI is InChI=1S/C19H15ClN6O2/c1-26-17(13-5-7-21-8-6-13)23-24-19(26)22-18(27)16-11-15(28-25-16)10-12-3-2-4-14(20)9-12/h2-9,11H,10H2,1H3,(H,22,24,27). The monoisotopic (exact) mass is 394 g/mol.